The number of aromatic nitrogens is 1. The number of hydrogen-bond acceptors (Lipinski definition) is 6. The SMILES string of the molecule is O=S(=O)(Nc1cccc(Cl)n1)c1c(Cl)cc(N2CCC(CN3CC4(CCOC4)C3)C2)c(Cl)c1F. The second-order valence-electron chi connectivity index (χ2n) is 9.36. The highest BCUT2D eigenvalue weighted by atomic mass is 35.5. The monoisotopic (exact) mass is 548 g/mol. The van der Waals surface area contributed by atoms with Crippen LogP contribution < -0.4 is 9.62 Å². The normalized spacial score (nSPS) is 22.4. The number of anilines is 2. The number of ether oxygens (including phenoxy) is 1. The first-order chi connectivity index (χ1) is 16.2. The Balaban J connectivity index is 1.29. The van der Waals surface area contributed by atoms with Crippen molar-refractivity contribution in [1.82, 2.24) is 9.88 Å². The summed E-state index contributed by atoms with van der Waals surface area (Å²) < 4.78 is 48.7. The summed E-state index contributed by atoms with van der Waals surface area (Å²) in [6, 6.07) is 5.83. The van der Waals surface area contributed by atoms with E-state index in [1.807, 2.05) is 4.90 Å². The average Bonchev–Trinajstić information content (AvgIpc) is 3.40. The van der Waals surface area contributed by atoms with E-state index < -0.39 is 20.7 Å². The highest BCUT2D eigenvalue weighted by molar-refractivity contribution is 7.92. The van der Waals surface area contributed by atoms with Crippen molar-refractivity contribution in [2.24, 2.45) is 11.3 Å². The number of pyridine rings is 1. The summed E-state index contributed by atoms with van der Waals surface area (Å²) in [6.07, 6.45) is 2.07. The molecule has 0 radical (unpaired) electrons. The molecule has 3 saturated heterocycles. The Kier molecular flexibility index (Phi) is 6.63. The van der Waals surface area contributed by atoms with Crippen LogP contribution in [0.4, 0.5) is 15.9 Å². The van der Waals surface area contributed by atoms with Crippen molar-refractivity contribution < 1.29 is 17.5 Å². The lowest BCUT2D eigenvalue weighted by Crippen LogP contribution is -2.57. The van der Waals surface area contributed by atoms with Gasteiger partial charge in [0.25, 0.3) is 10.0 Å². The number of nitrogens with zero attached hydrogens (tertiary/aromatic N) is 3. The summed E-state index contributed by atoms with van der Waals surface area (Å²) in [5, 5.41) is -0.426. The van der Waals surface area contributed by atoms with E-state index in [1.165, 1.54) is 24.3 Å². The zero-order valence-corrected chi connectivity index (χ0v) is 21.3. The first-order valence-corrected chi connectivity index (χ1v) is 13.7. The van der Waals surface area contributed by atoms with Gasteiger partial charge >= 0.3 is 0 Å². The number of benzene rings is 1. The minimum absolute atomic E-state index is 0.0532. The maximum absolute atomic E-state index is 15.3. The van der Waals surface area contributed by atoms with Crippen LogP contribution >= 0.6 is 34.8 Å². The molecular weight excluding hydrogens is 526 g/mol. The molecule has 1 unspecified atom stereocenters. The summed E-state index contributed by atoms with van der Waals surface area (Å²) in [6.45, 7) is 6.19. The Labute approximate surface area is 213 Å². The van der Waals surface area contributed by atoms with Gasteiger partial charge in [-0.1, -0.05) is 40.9 Å². The Morgan fingerprint density at radius 1 is 1.26 bits per heavy atom. The Morgan fingerprint density at radius 3 is 2.76 bits per heavy atom. The molecule has 1 atom stereocenters. The van der Waals surface area contributed by atoms with Crippen LogP contribution in [0.2, 0.25) is 15.2 Å². The molecule has 0 aliphatic carbocycles. The van der Waals surface area contributed by atoms with E-state index in [2.05, 4.69) is 14.6 Å². The standard InChI is InChI=1S/C22H24Cl3FN4O3S/c23-15-8-16(30-6-4-14(10-30)9-29-11-22(12-29)5-7-33-13-22)19(25)20(26)21(15)34(31,32)28-18-3-1-2-17(24)27-18/h1-3,8,14H,4-7,9-13H2,(H,27,28). The molecule has 2 aromatic rings. The highest BCUT2D eigenvalue weighted by Gasteiger charge is 2.46. The van der Waals surface area contributed by atoms with Crippen LogP contribution in [0, 0.1) is 17.2 Å². The van der Waals surface area contributed by atoms with E-state index in [4.69, 9.17) is 39.5 Å². The van der Waals surface area contributed by atoms with E-state index in [1.54, 1.807) is 0 Å². The minimum Gasteiger partial charge on any atom is -0.381 e. The maximum Gasteiger partial charge on any atom is 0.267 e. The van der Waals surface area contributed by atoms with Crippen LogP contribution in [0.3, 0.4) is 0 Å². The van der Waals surface area contributed by atoms with Gasteiger partial charge in [0.1, 0.15) is 20.9 Å². The number of halogens is 4. The number of hydrogen-bond donors (Lipinski definition) is 1. The summed E-state index contributed by atoms with van der Waals surface area (Å²) in [5.41, 5.74) is 0.740. The van der Waals surface area contributed by atoms with Crippen molar-refractivity contribution in [3.63, 3.8) is 0 Å². The molecule has 1 N–H and O–H groups in total. The van der Waals surface area contributed by atoms with Crippen molar-refractivity contribution >= 4 is 56.3 Å². The third-order valence-electron chi connectivity index (χ3n) is 6.77. The lowest BCUT2D eigenvalue weighted by molar-refractivity contribution is -0.0143. The molecule has 4 heterocycles. The molecule has 1 aromatic carbocycles. The van der Waals surface area contributed by atoms with E-state index in [0.29, 0.717) is 30.1 Å². The molecular formula is C22H24Cl3FN4O3S. The number of likely N-dealkylation sites (tertiary alicyclic amines) is 1. The smallest absolute Gasteiger partial charge is 0.267 e. The highest BCUT2D eigenvalue weighted by Crippen LogP contribution is 2.42. The Hall–Kier alpha value is -1.36. The molecule has 7 nitrogen and oxygen atoms in total. The fraction of sp³-hybridized carbons (Fsp3) is 0.500. The van der Waals surface area contributed by atoms with E-state index >= 15 is 4.39 Å². The van der Waals surface area contributed by atoms with Gasteiger partial charge in [-0.3, -0.25) is 4.72 Å². The van der Waals surface area contributed by atoms with Crippen LogP contribution in [-0.2, 0) is 14.8 Å². The average molecular weight is 550 g/mol. The number of sulfonamides is 1. The van der Waals surface area contributed by atoms with Gasteiger partial charge in [0, 0.05) is 44.7 Å². The predicted octanol–water partition coefficient (Wildman–Crippen LogP) is 4.53. The topological polar surface area (TPSA) is 74.8 Å². The molecule has 0 saturated carbocycles. The fourth-order valence-corrected chi connectivity index (χ4v) is 7.32. The van der Waals surface area contributed by atoms with Crippen molar-refractivity contribution in [2.75, 3.05) is 55.6 Å². The van der Waals surface area contributed by atoms with E-state index in [0.717, 1.165) is 45.7 Å². The number of nitrogens with one attached hydrogen (secondary N) is 1. The zero-order valence-electron chi connectivity index (χ0n) is 18.2. The van der Waals surface area contributed by atoms with Crippen LogP contribution in [0.15, 0.2) is 29.2 Å². The summed E-state index contributed by atoms with van der Waals surface area (Å²) in [4.78, 5) is 7.57. The predicted molar refractivity (Wildman–Crippen MR) is 131 cm³/mol. The van der Waals surface area contributed by atoms with Gasteiger partial charge < -0.3 is 14.5 Å². The van der Waals surface area contributed by atoms with Gasteiger partial charge in [0.05, 0.1) is 17.3 Å². The third kappa shape index (κ3) is 4.70. The van der Waals surface area contributed by atoms with Crippen molar-refractivity contribution in [1.29, 1.82) is 0 Å². The van der Waals surface area contributed by atoms with Crippen molar-refractivity contribution in [2.45, 2.75) is 17.7 Å². The van der Waals surface area contributed by atoms with Crippen LogP contribution in [0.1, 0.15) is 12.8 Å². The van der Waals surface area contributed by atoms with Gasteiger partial charge in [-0.25, -0.2) is 17.8 Å². The first kappa shape index (κ1) is 24.3. The maximum atomic E-state index is 15.3. The molecule has 184 valence electrons. The lowest BCUT2D eigenvalue weighted by Gasteiger charge is -2.48. The largest absolute Gasteiger partial charge is 0.381 e. The molecule has 1 spiro atoms. The van der Waals surface area contributed by atoms with Gasteiger partial charge in [-0.15, -0.1) is 0 Å². The Morgan fingerprint density at radius 2 is 2.06 bits per heavy atom. The summed E-state index contributed by atoms with van der Waals surface area (Å²) >= 11 is 18.4. The molecule has 0 bridgehead atoms. The third-order valence-corrected chi connectivity index (χ3v) is 9.16. The van der Waals surface area contributed by atoms with Gasteiger partial charge in [0.15, 0.2) is 5.82 Å². The lowest BCUT2D eigenvalue weighted by atomic mass is 9.79. The summed E-state index contributed by atoms with van der Waals surface area (Å²) in [5.74, 6) is -0.730. The molecule has 3 aliphatic rings. The molecule has 12 heteroatoms. The summed E-state index contributed by atoms with van der Waals surface area (Å²) in [7, 11) is -4.39. The zero-order chi connectivity index (χ0) is 24.1. The minimum atomic E-state index is -4.39. The quantitative estimate of drug-likeness (QED) is 0.422. The van der Waals surface area contributed by atoms with Gasteiger partial charge in [0.2, 0.25) is 0 Å². The molecule has 3 fully saturated rings. The molecule has 5 rings (SSSR count). The van der Waals surface area contributed by atoms with Crippen LogP contribution in [0.5, 0.6) is 0 Å². The Bertz CT molecular complexity index is 1200. The van der Waals surface area contributed by atoms with Gasteiger partial charge in [-0.05, 0) is 37.0 Å². The molecule has 34 heavy (non-hydrogen) atoms. The fourth-order valence-electron chi connectivity index (χ4n) is 5.19. The van der Waals surface area contributed by atoms with Crippen LogP contribution in [0.25, 0.3) is 0 Å². The number of rotatable bonds is 6. The van der Waals surface area contributed by atoms with Crippen molar-refractivity contribution in [3.8, 4) is 0 Å². The van der Waals surface area contributed by atoms with Gasteiger partial charge in [-0.2, -0.15) is 0 Å². The van der Waals surface area contributed by atoms with E-state index in [9.17, 15) is 8.42 Å². The molecule has 1 aromatic heterocycles. The first-order valence-electron chi connectivity index (χ1n) is 11.0. The second kappa shape index (κ2) is 9.26. The second-order valence-corrected chi connectivity index (χ2v) is 12.2. The van der Waals surface area contributed by atoms with E-state index in [-0.39, 0.29) is 21.0 Å². The van der Waals surface area contributed by atoms with Crippen LogP contribution in [-0.4, -0.2) is 64.2 Å². The molecule has 3 aliphatic heterocycles. The molecule has 0 amide bonds. The van der Waals surface area contributed by atoms with Crippen molar-refractivity contribution in [3.05, 3.63) is 45.3 Å².